The van der Waals surface area contributed by atoms with E-state index in [0.29, 0.717) is 38.3 Å². The van der Waals surface area contributed by atoms with E-state index in [9.17, 15) is 14.7 Å². The third-order valence-corrected chi connectivity index (χ3v) is 9.59. The predicted octanol–water partition coefficient (Wildman–Crippen LogP) is 4.22. The molecule has 3 rings (SSSR count). The van der Waals surface area contributed by atoms with Gasteiger partial charge in [-0.2, -0.15) is 0 Å². The number of cyclic esters (lactones) is 1. The number of likely N-dealkylation sites (N-methyl/N-ethyl adjacent to an activating group) is 1. The summed E-state index contributed by atoms with van der Waals surface area (Å²) >= 11 is 0. The summed E-state index contributed by atoms with van der Waals surface area (Å²) < 4.78 is 30.3. The predicted molar refractivity (Wildman–Crippen MR) is 155 cm³/mol. The summed E-state index contributed by atoms with van der Waals surface area (Å²) in [6.45, 7) is 16.2. The number of hydrogen-bond donors (Lipinski definition) is 1. The number of carbonyl (C=O) groups is 2. The molecule has 1 N–H and O–H groups in total. The number of nitrogens with zero attached hydrogens (tertiary/aromatic N) is 2. The number of aliphatic hydroxyl groups is 1. The van der Waals surface area contributed by atoms with Crippen LogP contribution < -0.4 is 0 Å². The summed E-state index contributed by atoms with van der Waals surface area (Å²) in [5.74, 6) is -0.923. The first-order valence-corrected chi connectivity index (χ1v) is 15.5. The minimum Gasteiger partial charge on any atom is -0.458 e. The molecule has 0 radical (unpaired) electrons. The molecular formula is C31H56N2O8. The zero-order valence-electron chi connectivity index (χ0n) is 27.2. The van der Waals surface area contributed by atoms with E-state index in [2.05, 4.69) is 37.7 Å². The Balaban J connectivity index is 1.93. The molecule has 3 aliphatic rings. The second-order valence-electron chi connectivity index (χ2n) is 13.9. The Morgan fingerprint density at radius 2 is 1.71 bits per heavy atom. The monoisotopic (exact) mass is 584 g/mol. The van der Waals surface area contributed by atoms with Crippen molar-refractivity contribution in [3.8, 4) is 0 Å². The fourth-order valence-corrected chi connectivity index (χ4v) is 7.36. The number of fused-ring (bicyclic) bond motifs is 1. The first-order chi connectivity index (χ1) is 19.0. The zero-order chi connectivity index (χ0) is 30.9. The summed E-state index contributed by atoms with van der Waals surface area (Å²) in [6, 6.07) is 0.0950. The molecule has 3 fully saturated rings. The zero-order valence-corrected chi connectivity index (χ0v) is 27.2. The average molecular weight is 585 g/mol. The third kappa shape index (κ3) is 7.93. The first-order valence-electron chi connectivity index (χ1n) is 15.5. The molecule has 3 aliphatic heterocycles. The lowest BCUT2D eigenvalue weighted by Gasteiger charge is -2.44. The lowest BCUT2D eigenvalue weighted by Crippen LogP contribution is -2.57. The molecule has 0 saturated carbocycles. The van der Waals surface area contributed by atoms with Crippen molar-refractivity contribution in [1.29, 1.82) is 0 Å². The molecule has 0 spiro atoms. The van der Waals surface area contributed by atoms with Crippen LogP contribution in [-0.2, 0) is 28.5 Å². The Bertz CT molecular complexity index is 899. The van der Waals surface area contributed by atoms with Crippen molar-refractivity contribution in [2.45, 2.75) is 141 Å². The van der Waals surface area contributed by atoms with E-state index in [4.69, 9.17) is 23.7 Å². The van der Waals surface area contributed by atoms with Gasteiger partial charge < -0.3 is 33.7 Å². The summed E-state index contributed by atoms with van der Waals surface area (Å²) in [7, 11) is 6.11. The minimum absolute atomic E-state index is 0.0368. The Labute approximate surface area is 247 Å². The molecule has 0 aromatic rings. The molecule has 0 aliphatic carbocycles. The molecule has 3 heterocycles. The second kappa shape index (κ2) is 13.5. The molecule has 0 amide bonds. The van der Waals surface area contributed by atoms with Crippen molar-refractivity contribution in [3.05, 3.63) is 0 Å². The smallest absolute Gasteiger partial charge is 0.458 e. The van der Waals surface area contributed by atoms with Gasteiger partial charge in [-0.1, -0.05) is 27.7 Å². The van der Waals surface area contributed by atoms with Crippen LogP contribution in [0.25, 0.3) is 0 Å². The number of esters is 1. The second-order valence-corrected chi connectivity index (χ2v) is 13.9. The van der Waals surface area contributed by atoms with Crippen LogP contribution in [0, 0.1) is 17.8 Å². The summed E-state index contributed by atoms with van der Waals surface area (Å²) in [5, 5.41) is 12.0. The number of ether oxygens (including phenoxy) is 5. The third-order valence-electron chi connectivity index (χ3n) is 9.59. The number of carbonyl (C=O) groups excluding carboxylic acids is 2. The van der Waals surface area contributed by atoms with Gasteiger partial charge in [-0.15, -0.1) is 0 Å². The molecule has 0 aromatic carbocycles. The summed E-state index contributed by atoms with van der Waals surface area (Å²) in [6.07, 6.45) is 0.00767. The number of hydrogen-bond acceptors (Lipinski definition) is 10. The molecule has 3 saturated heterocycles. The highest BCUT2D eigenvalue weighted by molar-refractivity contribution is 5.72. The van der Waals surface area contributed by atoms with Crippen molar-refractivity contribution in [2.75, 3.05) is 27.7 Å². The lowest BCUT2D eigenvalue weighted by molar-refractivity contribution is -0.261. The van der Waals surface area contributed by atoms with E-state index in [1.165, 1.54) is 0 Å². The van der Waals surface area contributed by atoms with Crippen LogP contribution in [0.1, 0.15) is 87.5 Å². The van der Waals surface area contributed by atoms with E-state index >= 15 is 0 Å². The van der Waals surface area contributed by atoms with Crippen LogP contribution in [0.3, 0.4) is 0 Å². The Kier molecular flexibility index (Phi) is 11.2. The van der Waals surface area contributed by atoms with Gasteiger partial charge in [0.25, 0.3) is 0 Å². The topological polar surface area (TPSA) is 107 Å². The van der Waals surface area contributed by atoms with Gasteiger partial charge in [-0.05, 0) is 86.4 Å². The lowest BCUT2D eigenvalue weighted by atomic mass is 9.79. The van der Waals surface area contributed by atoms with Gasteiger partial charge in [0.2, 0.25) is 0 Å². The molecule has 0 aromatic heterocycles. The van der Waals surface area contributed by atoms with Crippen LogP contribution in [0.4, 0.5) is 4.79 Å². The van der Waals surface area contributed by atoms with Gasteiger partial charge in [0.1, 0.15) is 6.10 Å². The maximum absolute atomic E-state index is 13.4. The Hall–Kier alpha value is -1.46. The van der Waals surface area contributed by atoms with Crippen LogP contribution in [0.2, 0.25) is 0 Å². The van der Waals surface area contributed by atoms with Crippen molar-refractivity contribution in [3.63, 3.8) is 0 Å². The fourth-order valence-electron chi connectivity index (χ4n) is 7.36. The van der Waals surface area contributed by atoms with E-state index in [0.717, 1.165) is 6.42 Å². The SMILES string of the molecule is CC[C@H]1OC(=O)C(C)C[C@H](C)[C@@H](OC2CC(N(C)C)CC(C)O2)[C@](C)(O)C[C@@H](C)CN(C)C(C)[C@@H]2OC(=O)O[C@]12C. The van der Waals surface area contributed by atoms with E-state index in [1.54, 1.807) is 6.92 Å². The summed E-state index contributed by atoms with van der Waals surface area (Å²) in [5.41, 5.74) is -2.31. The van der Waals surface area contributed by atoms with Gasteiger partial charge in [-0.3, -0.25) is 9.69 Å². The van der Waals surface area contributed by atoms with Crippen LogP contribution in [-0.4, -0.2) is 109 Å². The first kappa shape index (κ1) is 34.0. The van der Waals surface area contributed by atoms with Crippen molar-refractivity contribution < 1.29 is 38.4 Å². The van der Waals surface area contributed by atoms with E-state index in [1.807, 2.05) is 41.7 Å². The standard InChI is InChI=1S/C31H56N2O8/c1-12-24-31(8)27(40-29(35)41-31)22(6)33(11)17-18(2)16-30(7,36)26(19(3)13-20(4)28(34)38-24)39-25-15-23(32(9)10)14-21(5)37-25/h18-27,36H,12-17H2,1-11H3/t18-,19+,20?,21?,22?,23?,24-,25?,26-,27+,30-,31-/m1/s1. The normalized spacial score (nSPS) is 45.7. The molecule has 10 nitrogen and oxygen atoms in total. The van der Waals surface area contributed by atoms with Crippen molar-refractivity contribution >= 4 is 12.1 Å². The van der Waals surface area contributed by atoms with Crippen LogP contribution >= 0.6 is 0 Å². The van der Waals surface area contributed by atoms with Gasteiger partial charge in [0.15, 0.2) is 18.0 Å². The van der Waals surface area contributed by atoms with Crippen LogP contribution in [0.5, 0.6) is 0 Å². The van der Waals surface area contributed by atoms with Gasteiger partial charge >= 0.3 is 12.1 Å². The highest BCUT2D eigenvalue weighted by atomic mass is 16.8. The van der Waals surface area contributed by atoms with Gasteiger partial charge in [0, 0.05) is 25.0 Å². The molecule has 5 unspecified atom stereocenters. The largest absolute Gasteiger partial charge is 0.509 e. The molecule has 238 valence electrons. The maximum atomic E-state index is 13.4. The van der Waals surface area contributed by atoms with Crippen molar-refractivity contribution in [1.82, 2.24) is 9.80 Å². The minimum atomic E-state index is -1.19. The fraction of sp³-hybridized carbons (Fsp3) is 0.935. The molecule has 41 heavy (non-hydrogen) atoms. The highest BCUT2D eigenvalue weighted by Crippen LogP contribution is 2.39. The van der Waals surface area contributed by atoms with E-state index < -0.39 is 47.9 Å². The molecule has 10 heteroatoms. The molecule has 0 bridgehead atoms. The highest BCUT2D eigenvalue weighted by Gasteiger charge is 2.57. The molecule has 12 atom stereocenters. The van der Waals surface area contributed by atoms with Gasteiger partial charge in [0.05, 0.1) is 23.7 Å². The van der Waals surface area contributed by atoms with Crippen molar-refractivity contribution in [2.24, 2.45) is 17.8 Å². The maximum Gasteiger partial charge on any atom is 0.509 e. The average Bonchev–Trinajstić information content (AvgIpc) is 3.17. The van der Waals surface area contributed by atoms with Crippen LogP contribution in [0.15, 0.2) is 0 Å². The van der Waals surface area contributed by atoms with E-state index in [-0.39, 0.29) is 30.0 Å². The Morgan fingerprint density at radius 3 is 2.32 bits per heavy atom. The van der Waals surface area contributed by atoms with Gasteiger partial charge in [-0.25, -0.2) is 4.79 Å². The summed E-state index contributed by atoms with van der Waals surface area (Å²) in [4.78, 5) is 30.1. The molecular weight excluding hydrogens is 528 g/mol. The quantitative estimate of drug-likeness (QED) is 0.483. The number of rotatable bonds is 4. The Morgan fingerprint density at radius 1 is 1.05 bits per heavy atom.